The Labute approximate surface area is 111 Å². The van der Waals surface area contributed by atoms with E-state index >= 15 is 0 Å². The van der Waals surface area contributed by atoms with Gasteiger partial charge in [-0.1, -0.05) is 18.2 Å². The van der Waals surface area contributed by atoms with E-state index in [1.165, 1.54) is 16.5 Å². The van der Waals surface area contributed by atoms with Gasteiger partial charge in [0.2, 0.25) is 0 Å². The highest BCUT2D eigenvalue weighted by Gasteiger charge is 2.07. The van der Waals surface area contributed by atoms with Crippen LogP contribution in [0.4, 0.5) is 0 Å². The van der Waals surface area contributed by atoms with Gasteiger partial charge in [0, 0.05) is 29.8 Å². The summed E-state index contributed by atoms with van der Waals surface area (Å²) in [5.41, 5.74) is 4.03. The van der Waals surface area contributed by atoms with Gasteiger partial charge in [-0.05, 0) is 30.5 Å². The van der Waals surface area contributed by atoms with Gasteiger partial charge in [-0.2, -0.15) is 5.10 Å². The first kappa shape index (κ1) is 11.7. The van der Waals surface area contributed by atoms with Crippen molar-refractivity contribution in [3.05, 3.63) is 53.5 Å². The van der Waals surface area contributed by atoms with Crippen LogP contribution >= 0.6 is 0 Å². The van der Waals surface area contributed by atoms with Crippen LogP contribution in [0.1, 0.15) is 21.7 Å². The van der Waals surface area contributed by atoms with E-state index in [9.17, 15) is 4.79 Å². The van der Waals surface area contributed by atoms with Gasteiger partial charge in [0.25, 0.3) is 0 Å². The summed E-state index contributed by atoms with van der Waals surface area (Å²) in [7, 11) is 2.06. The molecule has 4 heteroatoms. The number of carbonyl (C=O) groups excluding carboxylic acids is 1. The largest absolute Gasteiger partial charge is 0.350 e. The highest BCUT2D eigenvalue weighted by Crippen LogP contribution is 2.21. The second-order valence-electron chi connectivity index (χ2n) is 4.72. The minimum absolute atomic E-state index is 0.466. The molecular formula is C15H15N3O. The van der Waals surface area contributed by atoms with E-state index in [0.717, 1.165) is 24.8 Å². The van der Waals surface area contributed by atoms with Crippen LogP contribution in [0.5, 0.6) is 0 Å². The fourth-order valence-corrected chi connectivity index (χ4v) is 2.46. The zero-order chi connectivity index (χ0) is 13.2. The van der Waals surface area contributed by atoms with E-state index in [-0.39, 0.29) is 0 Å². The first-order chi connectivity index (χ1) is 9.28. The van der Waals surface area contributed by atoms with Crippen molar-refractivity contribution in [1.82, 2.24) is 14.8 Å². The van der Waals surface area contributed by atoms with E-state index in [1.54, 1.807) is 6.07 Å². The number of aromatic nitrogens is 3. The lowest BCUT2D eigenvalue weighted by molar-refractivity contribution is 0.111. The summed E-state index contributed by atoms with van der Waals surface area (Å²) in [4.78, 5) is 10.6. The van der Waals surface area contributed by atoms with Crippen molar-refractivity contribution in [1.29, 1.82) is 0 Å². The third kappa shape index (κ3) is 2.17. The molecule has 4 nitrogen and oxygen atoms in total. The molecule has 0 atom stereocenters. The van der Waals surface area contributed by atoms with Crippen molar-refractivity contribution in [3.63, 3.8) is 0 Å². The number of rotatable bonds is 4. The van der Waals surface area contributed by atoms with Crippen LogP contribution in [0.25, 0.3) is 10.9 Å². The molecule has 3 rings (SSSR count). The lowest BCUT2D eigenvalue weighted by Crippen LogP contribution is -1.91. The molecule has 0 bridgehead atoms. The summed E-state index contributed by atoms with van der Waals surface area (Å²) in [6.07, 6.45) is 4.72. The van der Waals surface area contributed by atoms with Gasteiger partial charge >= 0.3 is 0 Å². The van der Waals surface area contributed by atoms with E-state index in [1.807, 2.05) is 0 Å². The Morgan fingerprint density at radius 3 is 2.95 bits per heavy atom. The quantitative estimate of drug-likeness (QED) is 0.726. The van der Waals surface area contributed by atoms with Crippen molar-refractivity contribution in [2.45, 2.75) is 12.8 Å². The Morgan fingerprint density at radius 2 is 2.16 bits per heavy atom. The maximum Gasteiger partial charge on any atom is 0.170 e. The lowest BCUT2D eigenvalue weighted by atomic mass is 10.1. The Bertz CT molecular complexity index is 724. The maximum atomic E-state index is 10.6. The molecule has 96 valence electrons. The van der Waals surface area contributed by atoms with E-state index in [4.69, 9.17) is 0 Å². The van der Waals surface area contributed by atoms with Crippen LogP contribution in [0.3, 0.4) is 0 Å². The van der Waals surface area contributed by atoms with Crippen LogP contribution in [-0.2, 0) is 19.9 Å². The fraction of sp³-hybridized carbons (Fsp3) is 0.200. The average molecular weight is 253 g/mol. The van der Waals surface area contributed by atoms with Crippen LogP contribution in [-0.4, -0.2) is 21.1 Å². The molecule has 0 fully saturated rings. The number of hydrogen-bond acceptors (Lipinski definition) is 2. The summed E-state index contributed by atoms with van der Waals surface area (Å²) in [6, 6.07) is 10.2. The standard InChI is InChI=1S/C15H15N3O/c1-18-9-11(14-4-2-3-5-15(14)18)6-7-12-8-13(10-19)17-16-12/h2-5,8-10H,6-7H2,1H3,(H,16,17). The zero-order valence-electron chi connectivity index (χ0n) is 10.8. The van der Waals surface area contributed by atoms with Crippen LogP contribution in [0.15, 0.2) is 36.5 Å². The predicted octanol–water partition coefficient (Wildman–Crippen LogP) is 2.50. The zero-order valence-corrected chi connectivity index (χ0v) is 10.8. The van der Waals surface area contributed by atoms with Gasteiger partial charge in [0.1, 0.15) is 5.69 Å². The third-order valence-electron chi connectivity index (χ3n) is 3.41. The summed E-state index contributed by atoms with van der Waals surface area (Å²) < 4.78 is 2.15. The molecule has 0 unspecified atom stereocenters. The summed E-state index contributed by atoms with van der Waals surface area (Å²) >= 11 is 0. The number of aldehydes is 1. The topological polar surface area (TPSA) is 50.7 Å². The SMILES string of the molecule is Cn1cc(CCc2cc(C=O)n[nH]2)c2ccccc21. The van der Waals surface area contributed by atoms with Gasteiger partial charge in [0.15, 0.2) is 6.29 Å². The molecule has 0 amide bonds. The Balaban J connectivity index is 1.83. The summed E-state index contributed by atoms with van der Waals surface area (Å²) in [5.74, 6) is 0. The molecule has 19 heavy (non-hydrogen) atoms. The molecule has 1 aromatic carbocycles. The van der Waals surface area contributed by atoms with Gasteiger partial charge < -0.3 is 4.57 Å². The molecule has 0 aliphatic rings. The summed E-state index contributed by atoms with van der Waals surface area (Å²) in [5, 5.41) is 8.10. The first-order valence-corrected chi connectivity index (χ1v) is 6.30. The van der Waals surface area contributed by atoms with Crippen LogP contribution < -0.4 is 0 Å². The van der Waals surface area contributed by atoms with E-state index in [2.05, 4.69) is 52.3 Å². The Kier molecular flexibility index (Phi) is 2.91. The second kappa shape index (κ2) is 4.72. The number of aryl methyl sites for hydroxylation is 3. The number of hydrogen-bond donors (Lipinski definition) is 1. The number of benzene rings is 1. The predicted molar refractivity (Wildman–Crippen MR) is 74.3 cm³/mol. The number of fused-ring (bicyclic) bond motifs is 1. The van der Waals surface area contributed by atoms with Gasteiger partial charge in [0.05, 0.1) is 0 Å². The molecule has 0 radical (unpaired) electrons. The van der Waals surface area contributed by atoms with Crippen molar-refractivity contribution in [3.8, 4) is 0 Å². The van der Waals surface area contributed by atoms with Crippen LogP contribution in [0, 0.1) is 0 Å². The molecule has 0 saturated carbocycles. The maximum absolute atomic E-state index is 10.6. The van der Waals surface area contributed by atoms with Gasteiger partial charge in [-0.3, -0.25) is 9.89 Å². The minimum atomic E-state index is 0.466. The number of para-hydroxylation sites is 1. The number of nitrogens with zero attached hydrogens (tertiary/aromatic N) is 2. The highest BCUT2D eigenvalue weighted by atomic mass is 16.1. The summed E-state index contributed by atoms with van der Waals surface area (Å²) in [6.45, 7) is 0. The van der Waals surface area contributed by atoms with Gasteiger partial charge in [-0.25, -0.2) is 0 Å². The van der Waals surface area contributed by atoms with Crippen molar-refractivity contribution in [2.24, 2.45) is 7.05 Å². The van der Waals surface area contributed by atoms with Crippen molar-refractivity contribution in [2.75, 3.05) is 0 Å². The molecule has 1 N–H and O–H groups in total. The molecule has 2 aromatic heterocycles. The first-order valence-electron chi connectivity index (χ1n) is 6.30. The number of nitrogens with one attached hydrogen (secondary N) is 1. The lowest BCUT2D eigenvalue weighted by Gasteiger charge is -1.97. The Hall–Kier alpha value is -2.36. The molecule has 0 spiro atoms. The van der Waals surface area contributed by atoms with Crippen molar-refractivity contribution >= 4 is 17.2 Å². The molecule has 0 saturated heterocycles. The molecule has 2 heterocycles. The molecular weight excluding hydrogens is 238 g/mol. The van der Waals surface area contributed by atoms with Crippen LogP contribution in [0.2, 0.25) is 0 Å². The minimum Gasteiger partial charge on any atom is -0.350 e. The average Bonchev–Trinajstić information content (AvgIpc) is 3.02. The highest BCUT2D eigenvalue weighted by molar-refractivity contribution is 5.83. The molecule has 0 aliphatic carbocycles. The monoisotopic (exact) mass is 253 g/mol. The van der Waals surface area contributed by atoms with E-state index < -0.39 is 0 Å². The van der Waals surface area contributed by atoms with Crippen molar-refractivity contribution < 1.29 is 4.79 Å². The van der Waals surface area contributed by atoms with Gasteiger partial charge in [-0.15, -0.1) is 0 Å². The normalized spacial score (nSPS) is 11.0. The molecule has 0 aliphatic heterocycles. The Morgan fingerprint density at radius 1 is 1.32 bits per heavy atom. The third-order valence-corrected chi connectivity index (χ3v) is 3.41. The number of H-pyrrole nitrogens is 1. The smallest absolute Gasteiger partial charge is 0.170 e. The fourth-order valence-electron chi connectivity index (χ4n) is 2.46. The van der Waals surface area contributed by atoms with E-state index in [0.29, 0.717) is 5.69 Å². The number of aromatic amines is 1. The molecule has 3 aromatic rings. The second-order valence-corrected chi connectivity index (χ2v) is 4.72. The number of carbonyl (C=O) groups is 1.